The number of benzene rings is 1. The fourth-order valence-corrected chi connectivity index (χ4v) is 3.65. The summed E-state index contributed by atoms with van der Waals surface area (Å²) in [5, 5.41) is 0. The fraction of sp³-hybridized carbons (Fsp3) is 0.438. The lowest BCUT2D eigenvalue weighted by molar-refractivity contribution is 0.0683. The summed E-state index contributed by atoms with van der Waals surface area (Å²) in [6.07, 6.45) is 3.59. The van der Waals surface area contributed by atoms with Crippen molar-refractivity contribution < 1.29 is 13.2 Å². The molecular weight excluding hydrogens is 300 g/mol. The van der Waals surface area contributed by atoms with Gasteiger partial charge in [-0.25, -0.2) is 13.1 Å². The lowest BCUT2D eigenvalue weighted by atomic mass is 9.99. The molecule has 22 heavy (non-hydrogen) atoms. The first-order chi connectivity index (χ1) is 10.4. The number of piperidine rings is 1. The number of carbonyl (C=O) groups is 1. The maximum atomic E-state index is 12.5. The quantitative estimate of drug-likeness (QED) is 0.844. The molecule has 0 radical (unpaired) electrons. The zero-order valence-corrected chi connectivity index (χ0v) is 13.6. The van der Waals surface area contributed by atoms with Crippen molar-refractivity contribution in [1.82, 2.24) is 9.62 Å². The predicted octanol–water partition coefficient (Wildman–Crippen LogP) is 2.02. The van der Waals surface area contributed by atoms with Crippen LogP contribution in [-0.4, -0.2) is 38.9 Å². The van der Waals surface area contributed by atoms with Crippen molar-refractivity contribution in [2.24, 2.45) is 5.92 Å². The maximum Gasteiger partial charge on any atom is 0.253 e. The van der Waals surface area contributed by atoms with Gasteiger partial charge < -0.3 is 4.90 Å². The summed E-state index contributed by atoms with van der Waals surface area (Å²) < 4.78 is 26.6. The Labute approximate surface area is 132 Å². The van der Waals surface area contributed by atoms with E-state index in [1.54, 1.807) is 17.0 Å². The zero-order valence-electron chi connectivity index (χ0n) is 12.8. The lowest BCUT2D eigenvalue weighted by Gasteiger charge is -2.31. The molecule has 1 aliphatic heterocycles. The summed E-state index contributed by atoms with van der Waals surface area (Å²) in [6, 6.07) is 6.19. The molecule has 1 saturated heterocycles. The van der Waals surface area contributed by atoms with E-state index in [2.05, 4.69) is 18.2 Å². The number of nitrogens with one attached hydrogen (secondary N) is 1. The van der Waals surface area contributed by atoms with Gasteiger partial charge in [0.25, 0.3) is 5.91 Å². The van der Waals surface area contributed by atoms with Crippen molar-refractivity contribution in [2.75, 3.05) is 19.6 Å². The summed E-state index contributed by atoms with van der Waals surface area (Å²) in [6.45, 7) is 7.22. The first-order valence-electron chi connectivity index (χ1n) is 7.44. The van der Waals surface area contributed by atoms with Gasteiger partial charge in [0.2, 0.25) is 10.0 Å². The highest BCUT2D eigenvalue weighted by Crippen LogP contribution is 2.19. The topological polar surface area (TPSA) is 66.5 Å². The van der Waals surface area contributed by atoms with Gasteiger partial charge in [0, 0.05) is 25.2 Å². The van der Waals surface area contributed by atoms with Crippen LogP contribution in [0.1, 0.15) is 30.1 Å². The smallest absolute Gasteiger partial charge is 0.253 e. The van der Waals surface area contributed by atoms with E-state index in [-0.39, 0.29) is 17.3 Å². The number of amides is 1. The van der Waals surface area contributed by atoms with Crippen LogP contribution in [-0.2, 0) is 10.0 Å². The molecule has 0 aromatic heterocycles. The number of sulfonamides is 1. The van der Waals surface area contributed by atoms with Gasteiger partial charge in [-0.05, 0) is 37.0 Å². The Kier molecular flexibility index (Phi) is 5.37. The van der Waals surface area contributed by atoms with Crippen LogP contribution in [0.3, 0.4) is 0 Å². The predicted molar refractivity (Wildman–Crippen MR) is 86.1 cm³/mol. The first-order valence-corrected chi connectivity index (χ1v) is 8.92. The van der Waals surface area contributed by atoms with E-state index in [1.807, 2.05) is 0 Å². The van der Waals surface area contributed by atoms with E-state index in [9.17, 15) is 13.2 Å². The molecule has 0 aliphatic carbocycles. The van der Waals surface area contributed by atoms with Gasteiger partial charge >= 0.3 is 0 Å². The molecule has 1 unspecified atom stereocenters. The summed E-state index contributed by atoms with van der Waals surface area (Å²) >= 11 is 0. The highest BCUT2D eigenvalue weighted by Gasteiger charge is 2.23. The Bertz CT molecular complexity index is 655. The summed E-state index contributed by atoms with van der Waals surface area (Å²) in [4.78, 5) is 14.4. The van der Waals surface area contributed by atoms with Crippen LogP contribution in [0.2, 0.25) is 0 Å². The van der Waals surface area contributed by atoms with Gasteiger partial charge in [-0.3, -0.25) is 4.79 Å². The van der Waals surface area contributed by atoms with Crippen LogP contribution in [0.4, 0.5) is 0 Å². The minimum Gasteiger partial charge on any atom is -0.338 e. The van der Waals surface area contributed by atoms with Crippen molar-refractivity contribution in [2.45, 2.75) is 24.7 Å². The van der Waals surface area contributed by atoms with Gasteiger partial charge in [0.05, 0.1) is 4.90 Å². The van der Waals surface area contributed by atoms with Crippen LogP contribution in [0, 0.1) is 5.92 Å². The van der Waals surface area contributed by atoms with E-state index < -0.39 is 10.0 Å². The van der Waals surface area contributed by atoms with Gasteiger partial charge in [0.1, 0.15) is 0 Å². The SMILES string of the molecule is C=CCNS(=O)(=O)c1cccc(C(=O)N2CCCC(C)C2)c1. The lowest BCUT2D eigenvalue weighted by Crippen LogP contribution is -2.39. The standard InChI is InChI=1S/C16H22N2O3S/c1-3-9-17-22(20,21)15-8-4-7-14(11-15)16(19)18-10-5-6-13(2)12-18/h3-4,7-8,11,13,17H,1,5-6,9-10,12H2,2H3. The minimum absolute atomic E-state index is 0.102. The molecule has 120 valence electrons. The van der Waals surface area contributed by atoms with Gasteiger partial charge in [0.15, 0.2) is 0 Å². The van der Waals surface area contributed by atoms with E-state index >= 15 is 0 Å². The average molecular weight is 322 g/mol. The van der Waals surface area contributed by atoms with E-state index in [4.69, 9.17) is 0 Å². The molecule has 1 aromatic carbocycles. The second-order valence-electron chi connectivity index (χ2n) is 5.67. The maximum absolute atomic E-state index is 12.5. The van der Waals surface area contributed by atoms with Crippen LogP contribution in [0.5, 0.6) is 0 Å². The molecule has 1 amide bonds. The molecule has 0 saturated carbocycles. The third-order valence-electron chi connectivity index (χ3n) is 3.75. The molecule has 1 aliphatic rings. The minimum atomic E-state index is -3.61. The van der Waals surface area contributed by atoms with Crippen molar-refractivity contribution in [1.29, 1.82) is 0 Å². The molecule has 6 heteroatoms. The van der Waals surface area contributed by atoms with Crippen LogP contribution >= 0.6 is 0 Å². The summed E-state index contributed by atoms with van der Waals surface area (Å²) in [7, 11) is -3.61. The molecule has 1 heterocycles. The highest BCUT2D eigenvalue weighted by molar-refractivity contribution is 7.89. The molecule has 5 nitrogen and oxygen atoms in total. The summed E-state index contributed by atoms with van der Waals surface area (Å²) in [5.41, 5.74) is 0.413. The molecule has 1 N–H and O–H groups in total. The first kappa shape index (κ1) is 16.7. The second kappa shape index (κ2) is 7.07. The number of nitrogens with zero attached hydrogens (tertiary/aromatic N) is 1. The average Bonchev–Trinajstić information content (AvgIpc) is 2.52. The van der Waals surface area contributed by atoms with E-state index in [0.717, 1.165) is 25.9 Å². The van der Waals surface area contributed by atoms with Gasteiger partial charge in [-0.2, -0.15) is 0 Å². The summed E-state index contributed by atoms with van der Waals surface area (Å²) in [5.74, 6) is 0.381. The van der Waals surface area contributed by atoms with E-state index in [0.29, 0.717) is 11.5 Å². The second-order valence-corrected chi connectivity index (χ2v) is 7.43. The largest absolute Gasteiger partial charge is 0.338 e. The Hall–Kier alpha value is -1.66. The van der Waals surface area contributed by atoms with Crippen LogP contribution < -0.4 is 4.72 Å². The fourth-order valence-electron chi connectivity index (χ4n) is 2.60. The van der Waals surface area contributed by atoms with Crippen LogP contribution in [0.15, 0.2) is 41.8 Å². The highest BCUT2D eigenvalue weighted by atomic mass is 32.2. The molecule has 1 atom stereocenters. The monoisotopic (exact) mass is 322 g/mol. The normalized spacial score (nSPS) is 19.0. The number of hydrogen-bond acceptors (Lipinski definition) is 3. The molecule has 0 spiro atoms. The Morgan fingerprint density at radius 1 is 1.50 bits per heavy atom. The van der Waals surface area contributed by atoms with Gasteiger partial charge in [-0.15, -0.1) is 6.58 Å². The Morgan fingerprint density at radius 3 is 2.95 bits per heavy atom. The van der Waals surface area contributed by atoms with Crippen molar-refractivity contribution in [3.63, 3.8) is 0 Å². The molecule has 1 aromatic rings. The number of carbonyl (C=O) groups excluding carboxylic acids is 1. The third-order valence-corrected chi connectivity index (χ3v) is 5.17. The number of rotatable bonds is 5. The van der Waals surface area contributed by atoms with Crippen molar-refractivity contribution in [3.05, 3.63) is 42.5 Å². The molecular formula is C16H22N2O3S. The zero-order chi connectivity index (χ0) is 16.2. The van der Waals surface area contributed by atoms with Crippen molar-refractivity contribution >= 4 is 15.9 Å². The van der Waals surface area contributed by atoms with Crippen LogP contribution in [0.25, 0.3) is 0 Å². The third kappa shape index (κ3) is 3.96. The van der Waals surface area contributed by atoms with Crippen molar-refractivity contribution in [3.8, 4) is 0 Å². The van der Waals surface area contributed by atoms with Gasteiger partial charge in [-0.1, -0.05) is 19.1 Å². The molecule has 0 bridgehead atoms. The molecule has 2 rings (SSSR count). The number of likely N-dealkylation sites (tertiary alicyclic amines) is 1. The molecule has 1 fully saturated rings. The Balaban J connectivity index is 2.20. The Morgan fingerprint density at radius 2 is 2.27 bits per heavy atom. The van der Waals surface area contributed by atoms with E-state index in [1.165, 1.54) is 18.2 Å². The number of hydrogen-bond donors (Lipinski definition) is 1.